The van der Waals surface area contributed by atoms with Gasteiger partial charge in [-0.3, -0.25) is 4.79 Å². The summed E-state index contributed by atoms with van der Waals surface area (Å²) < 4.78 is 13.5. The molecule has 0 N–H and O–H groups in total. The Bertz CT molecular complexity index is 402. The molecular formula is C12H13ClFNO. The molecule has 2 rings (SSSR count). The quantitative estimate of drug-likeness (QED) is 0.740. The fraction of sp³-hybridized carbons (Fsp3) is 0.417. The van der Waals surface area contributed by atoms with E-state index < -0.39 is 5.82 Å². The molecule has 4 heteroatoms. The van der Waals surface area contributed by atoms with Gasteiger partial charge in [0.1, 0.15) is 5.82 Å². The highest BCUT2D eigenvalue weighted by Crippen LogP contribution is 2.18. The summed E-state index contributed by atoms with van der Waals surface area (Å²) in [6, 6.07) is 4.18. The summed E-state index contributed by atoms with van der Waals surface area (Å²) >= 11 is 5.64. The molecule has 0 spiro atoms. The molecule has 16 heavy (non-hydrogen) atoms. The lowest BCUT2D eigenvalue weighted by Crippen LogP contribution is -2.36. The van der Waals surface area contributed by atoms with Gasteiger partial charge in [0.2, 0.25) is 0 Å². The topological polar surface area (TPSA) is 20.3 Å². The summed E-state index contributed by atoms with van der Waals surface area (Å²) in [5, 5.41) is 0.313. The van der Waals surface area contributed by atoms with Crippen LogP contribution in [0.25, 0.3) is 0 Å². The summed E-state index contributed by atoms with van der Waals surface area (Å²) in [4.78, 5) is 13.7. The number of likely N-dealkylation sites (tertiary alicyclic amines) is 1. The standard InChI is InChI=1S/C12H13ClFNO/c13-9-4-5-10(11(14)8-9)12(16)15-6-2-1-3-7-15/h4-5,8H,1-3,6-7H2. The van der Waals surface area contributed by atoms with E-state index in [1.54, 1.807) is 11.0 Å². The van der Waals surface area contributed by atoms with Crippen molar-refractivity contribution in [2.45, 2.75) is 19.3 Å². The smallest absolute Gasteiger partial charge is 0.256 e. The van der Waals surface area contributed by atoms with Crippen LogP contribution in [0.2, 0.25) is 5.02 Å². The zero-order valence-electron chi connectivity index (χ0n) is 8.88. The Morgan fingerprint density at radius 2 is 1.94 bits per heavy atom. The van der Waals surface area contributed by atoms with Crippen LogP contribution in [0.3, 0.4) is 0 Å². The first-order valence-corrected chi connectivity index (χ1v) is 5.80. The lowest BCUT2D eigenvalue weighted by Gasteiger charge is -2.26. The van der Waals surface area contributed by atoms with Crippen LogP contribution in [0.4, 0.5) is 4.39 Å². The average molecular weight is 242 g/mol. The maximum absolute atomic E-state index is 13.5. The van der Waals surface area contributed by atoms with E-state index in [4.69, 9.17) is 11.6 Å². The van der Waals surface area contributed by atoms with Gasteiger partial charge in [-0.15, -0.1) is 0 Å². The van der Waals surface area contributed by atoms with E-state index >= 15 is 0 Å². The van der Waals surface area contributed by atoms with Crippen LogP contribution >= 0.6 is 11.6 Å². The zero-order chi connectivity index (χ0) is 11.5. The van der Waals surface area contributed by atoms with Crippen LogP contribution in [-0.4, -0.2) is 23.9 Å². The van der Waals surface area contributed by atoms with Gasteiger partial charge in [0.05, 0.1) is 5.56 Å². The third kappa shape index (κ3) is 2.35. The molecule has 0 aliphatic carbocycles. The molecule has 1 amide bonds. The summed E-state index contributed by atoms with van der Waals surface area (Å²) in [7, 11) is 0. The third-order valence-corrected chi connectivity index (χ3v) is 3.04. The second kappa shape index (κ2) is 4.83. The van der Waals surface area contributed by atoms with Crippen molar-refractivity contribution in [2.75, 3.05) is 13.1 Å². The van der Waals surface area contributed by atoms with Crippen molar-refractivity contribution in [1.82, 2.24) is 4.90 Å². The predicted octanol–water partition coefficient (Wildman–Crippen LogP) is 3.11. The van der Waals surface area contributed by atoms with E-state index in [0.29, 0.717) is 5.02 Å². The number of hydrogen-bond donors (Lipinski definition) is 0. The molecule has 1 aromatic carbocycles. The Morgan fingerprint density at radius 1 is 1.25 bits per heavy atom. The molecule has 0 radical (unpaired) electrons. The van der Waals surface area contributed by atoms with Gasteiger partial charge in [0, 0.05) is 18.1 Å². The van der Waals surface area contributed by atoms with Crippen LogP contribution < -0.4 is 0 Å². The number of benzene rings is 1. The second-order valence-corrected chi connectivity index (χ2v) is 4.41. The normalized spacial score (nSPS) is 16.2. The number of carbonyl (C=O) groups excluding carboxylic acids is 1. The molecule has 1 fully saturated rings. The molecule has 1 aliphatic heterocycles. The summed E-state index contributed by atoms with van der Waals surface area (Å²) in [6.07, 6.45) is 3.15. The average Bonchev–Trinajstić information content (AvgIpc) is 2.29. The lowest BCUT2D eigenvalue weighted by molar-refractivity contribution is 0.0719. The van der Waals surface area contributed by atoms with Gasteiger partial charge in [-0.05, 0) is 37.5 Å². The third-order valence-electron chi connectivity index (χ3n) is 2.80. The first kappa shape index (κ1) is 11.4. The maximum atomic E-state index is 13.5. The van der Waals surface area contributed by atoms with Crippen molar-refractivity contribution >= 4 is 17.5 Å². The zero-order valence-corrected chi connectivity index (χ0v) is 9.63. The maximum Gasteiger partial charge on any atom is 0.256 e. The fourth-order valence-corrected chi connectivity index (χ4v) is 2.09. The predicted molar refractivity (Wildman–Crippen MR) is 61.2 cm³/mol. The van der Waals surface area contributed by atoms with E-state index in [2.05, 4.69) is 0 Å². The molecule has 0 atom stereocenters. The largest absolute Gasteiger partial charge is 0.339 e. The highest BCUT2D eigenvalue weighted by molar-refractivity contribution is 6.30. The van der Waals surface area contributed by atoms with Crippen molar-refractivity contribution in [2.24, 2.45) is 0 Å². The molecule has 0 bridgehead atoms. The van der Waals surface area contributed by atoms with Crippen LogP contribution in [0.15, 0.2) is 18.2 Å². The Kier molecular flexibility index (Phi) is 3.44. The molecule has 0 saturated carbocycles. The molecule has 1 saturated heterocycles. The number of halogens is 2. The van der Waals surface area contributed by atoms with E-state index in [9.17, 15) is 9.18 Å². The monoisotopic (exact) mass is 241 g/mol. The molecule has 1 aliphatic rings. The highest BCUT2D eigenvalue weighted by atomic mass is 35.5. The van der Waals surface area contributed by atoms with Gasteiger partial charge in [-0.2, -0.15) is 0 Å². The number of piperidine rings is 1. The van der Waals surface area contributed by atoms with E-state index in [1.165, 1.54) is 12.1 Å². The van der Waals surface area contributed by atoms with Gasteiger partial charge >= 0.3 is 0 Å². The Labute approximate surface area is 99.0 Å². The van der Waals surface area contributed by atoms with Crippen LogP contribution in [-0.2, 0) is 0 Å². The molecular weight excluding hydrogens is 229 g/mol. The summed E-state index contributed by atoms with van der Waals surface area (Å²) in [5.74, 6) is -0.767. The molecule has 1 aromatic rings. The minimum Gasteiger partial charge on any atom is -0.339 e. The van der Waals surface area contributed by atoms with Crippen LogP contribution in [0.1, 0.15) is 29.6 Å². The van der Waals surface area contributed by atoms with E-state index in [0.717, 1.165) is 32.4 Å². The summed E-state index contributed by atoms with van der Waals surface area (Å²) in [5.41, 5.74) is 0.117. The van der Waals surface area contributed by atoms with E-state index in [1.807, 2.05) is 0 Å². The van der Waals surface area contributed by atoms with Gasteiger partial charge < -0.3 is 4.90 Å². The van der Waals surface area contributed by atoms with Crippen molar-refractivity contribution in [3.63, 3.8) is 0 Å². The minimum atomic E-state index is -0.539. The Balaban J connectivity index is 2.19. The number of hydrogen-bond acceptors (Lipinski definition) is 1. The van der Waals surface area contributed by atoms with E-state index in [-0.39, 0.29) is 11.5 Å². The van der Waals surface area contributed by atoms with Crippen molar-refractivity contribution in [3.8, 4) is 0 Å². The molecule has 0 aromatic heterocycles. The molecule has 1 heterocycles. The van der Waals surface area contributed by atoms with Crippen LogP contribution in [0, 0.1) is 5.82 Å². The lowest BCUT2D eigenvalue weighted by atomic mass is 10.1. The number of carbonyl (C=O) groups is 1. The highest BCUT2D eigenvalue weighted by Gasteiger charge is 2.20. The molecule has 2 nitrogen and oxygen atoms in total. The Hall–Kier alpha value is -1.09. The number of nitrogens with zero attached hydrogens (tertiary/aromatic N) is 1. The molecule has 0 unspecified atom stereocenters. The number of rotatable bonds is 1. The summed E-state index contributed by atoms with van der Waals surface area (Å²) in [6.45, 7) is 1.45. The van der Waals surface area contributed by atoms with Crippen molar-refractivity contribution in [1.29, 1.82) is 0 Å². The fourth-order valence-electron chi connectivity index (χ4n) is 1.93. The molecule has 86 valence electrons. The number of amides is 1. The minimum absolute atomic E-state index is 0.117. The van der Waals surface area contributed by atoms with Crippen molar-refractivity contribution in [3.05, 3.63) is 34.6 Å². The first-order valence-electron chi connectivity index (χ1n) is 5.43. The van der Waals surface area contributed by atoms with Gasteiger partial charge in [0.25, 0.3) is 5.91 Å². The first-order chi connectivity index (χ1) is 7.68. The Morgan fingerprint density at radius 3 is 2.56 bits per heavy atom. The van der Waals surface area contributed by atoms with Gasteiger partial charge in [-0.25, -0.2) is 4.39 Å². The SMILES string of the molecule is O=C(c1ccc(Cl)cc1F)N1CCCCC1. The second-order valence-electron chi connectivity index (χ2n) is 3.98. The van der Waals surface area contributed by atoms with Gasteiger partial charge in [-0.1, -0.05) is 11.6 Å². The van der Waals surface area contributed by atoms with Crippen molar-refractivity contribution < 1.29 is 9.18 Å². The van der Waals surface area contributed by atoms with Crippen LogP contribution in [0.5, 0.6) is 0 Å². The van der Waals surface area contributed by atoms with Gasteiger partial charge in [0.15, 0.2) is 0 Å².